The van der Waals surface area contributed by atoms with Crippen LogP contribution in [0.1, 0.15) is 42.4 Å². The van der Waals surface area contributed by atoms with Gasteiger partial charge in [0, 0.05) is 0 Å². The second kappa shape index (κ2) is 4.57. The summed E-state index contributed by atoms with van der Waals surface area (Å²) >= 11 is 0. The number of hydrogen-bond donors (Lipinski definition) is 1. The lowest BCUT2D eigenvalue weighted by Gasteiger charge is -2.26. The molecule has 1 saturated heterocycles. The van der Waals surface area contributed by atoms with Gasteiger partial charge < -0.3 is 5.11 Å². The van der Waals surface area contributed by atoms with E-state index in [-0.39, 0.29) is 17.9 Å². The molecule has 1 aliphatic carbocycles. The van der Waals surface area contributed by atoms with Crippen LogP contribution >= 0.6 is 0 Å². The van der Waals surface area contributed by atoms with Crippen LogP contribution < -0.4 is 0 Å². The van der Waals surface area contributed by atoms with E-state index in [1.165, 1.54) is 18.4 Å². The monoisotopic (exact) mass is 291 g/mol. The predicted molar refractivity (Wildman–Crippen MR) is 74.7 cm³/mol. The Morgan fingerprint density at radius 2 is 1.95 bits per heavy atom. The second-order valence-electron chi connectivity index (χ2n) is 5.95. The highest BCUT2D eigenvalue weighted by Gasteiger charge is 2.48. The molecular weight excluding hydrogens is 274 g/mol. The van der Waals surface area contributed by atoms with E-state index in [9.17, 15) is 18.8 Å². The number of aliphatic hydroxyl groups is 1. The average Bonchev–Trinajstić information content (AvgIpc) is 3.23. The molecule has 1 saturated carbocycles. The zero-order valence-electron chi connectivity index (χ0n) is 11.1. The highest BCUT2D eigenvalue weighted by atomic mass is 32.2. The molecule has 0 bridgehead atoms. The van der Waals surface area contributed by atoms with Crippen molar-refractivity contribution < 1.29 is 13.5 Å². The summed E-state index contributed by atoms with van der Waals surface area (Å²) in [5.41, 5.74) is 0.693. The van der Waals surface area contributed by atoms with Gasteiger partial charge in [-0.1, -0.05) is 24.3 Å². The summed E-state index contributed by atoms with van der Waals surface area (Å²) < 4.78 is 23.3. The van der Waals surface area contributed by atoms with Crippen molar-refractivity contribution in [3.8, 4) is 6.07 Å². The Morgan fingerprint density at radius 1 is 1.30 bits per heavy atom. The lowest BCUT2D eigenvalue weighted by molar-refractivity contribution is 0.0793. The first-order valence-corrected chi connectivity index (χ1v) is 8.67. The van der Waals surface area contributed by atoms with E-state index in [1.54, 1.807) is 0 Å². The topological polar surface area (TPSA) is 78.2 Å². The van der Waals surface area contributed by atoms with Crippen LogP contribution in [0.2, 0.25) is 0 Å². The molecule has 0 radical (unpaired) electrons. The van der Waals surface area contributed by atoms with Crippen LogP contribution in [-0.4, -0.2) is 25.0 Å². The van der Waals surface area contributed by atoms with Crippen molar-refractivity contribution in [1.82, 2.24) is 0 Å². The summed E-state index contributed by atoms with van der Waals surface area (Å²) in [7, 11) is -3.21. The molecule has 2 unspecified atom stereocenters. The van der Waals surface area contributed by atoms with Crippen molar-refractivity contribution in [3.05, 3.63) is 35.4 Å². The first kappa shape index (κ1) is 13.6. The quantitative estimate of drug-likeness (QED) is 0.923. The van der Waals surface area contributed by atoms with Gasteiger partial charge in [-0.2, -0.15) is 5.26 Å². The summed E-state index contributed by atoms with van der Waals surface area (Å²) in [4.78, 5) is 0. The van der Waals surface area contributed by atoms with Crippen LogP contribution in [0.25, 0.3) is 0 Å². The van der Waals surface area contributed by atoms with E-state index in [0.717, 1.165) is 0 Å². The number of nitriles is 1. The number of rotatable bonds is 3. The van der Waals surface area contributed by atoms with Gasteiger partial charge in [0.2, 0.25) is 0 Å². The van der Waals surface area contributed by atoms with Gasteiger partial charge in [0.1, 0.15) is 5.41 Å². The Kier molecular flexibility index (Phi) is 3.11. The standard InChI is InChI=1S/C15H17NO3S/c16-9-15(7-8-20(18,19)10-15)14(17)13-5-3-12(4-6-13)11-1-2-11/h3-6,11,14,17H,1-2,7-8,10H2. The van der Waals surface area contributed by atoms with Crippen LogP contribution in [0.15, 0.2) is 24.3 Å². The lowest BCUT2D eigenvalue weighted by atomic mass is 9.79. The molecule has 0 amide bonds. The highest BCUT2D eigenvalue weighted by molar-refractivity contribution is 7.91. The fourth-order valence-corrected chi connectivity index (χ4v) is 4.90. The minimum atomic E-state index is -3.21. The first-order chi connectivity index (χ1) is 9.46. The molecule has 0 spiro atoms. The Bertz CT molecular complexity index is 655. The maximum atomic E-state index is 11.6. The van der Waals surface area contributed by atoms with Gasteiger partial charge in [-0.15, -0.1) is 0 Å². The molecule has 106 valence electrons. The average molecular weight is 291 g/mol. The number of hydrogen-bond acceptors (Lipinski definition) is 4. The molecule has 1 aromatic carbocycles. The number of sulfone groups is 1. The van der Waals surface area contributed by atoms with Gasteiger partial charge in [0.05, 0.1) is 23.7 Å². The van der Waals surface area contributed by atoms with E-state index in [1.807, 2.05) is 24.3 Å². The van der Waals surface area contributed by atoms with E-state index < -0.39 is 21.4 Å². The normalized spacial score (nSPS) is 29.8. The van der Waals surface area contributed by atoms with Crippen LogP contribution in [0.3, 0.4) is 0 Å². The zero-order chi connectivity index (χ0) is 14.4. The van der Waals surface area contributed by atoms with Gasteiger partial charge in [-0.25, -0.2) is 8.42 Å². The second-order valence-corrected chi connectivity index (χ2v) is 8.14. The Labute approximate surface area is 119 Å². The van der Waals surface area contributed by atoms with E-state index >= 15 is 0 Å². The van der Waals surface area contributed by atoms with Crippen molar-refractivity contribution in [2.45, 2.75) is 31.3 Å². The summed E-state index contributed by atoms with van der Waals surface area (Å²) in [6.45, 7) is 0. The number of benzene rings is 1. The van der Waals surface area contributed by atoms with Crippen molar-refractivity contribution in [2.24, 2.45) is 5.41 Å². The highest BCUT2D eigenvalue weighted by Crippen LogP contribution is 2.44. The zero-order valence-corrected chi connectivity index (χ0v) is 11.9. The van der Waals surface area contributed by atoms with Crippen LogP contribution in [0, 0.1) is 16.7 Å². The van der Waals surface area contributed by atoms with Gasteiger partial charge in [0.25, 0.3) is 0 Å². The predicted octanol–water partition coefficient (Wildman–Crippen LogP) is 1.93. The van der Waals surface area contributed by atoms with E-state index in [4.69, 9.17) is 0 Å². The van der Waals surface area contributed by atoms with Crippen LogP contribution in [0.5, 0.6) is 0 Å². The summed E-state index contributed by atoms with van der Waals surface area (Å²) in [6, 6.07) is 9.65. The summed E-state index contributed by atoms with van der Waals surface area (Å²) in [5, 5.41) is 19.8. The minimum absolute atomic E-state index is 0.0161. The Morgan fingerprint density at radius 3 is 2.40 bits per heavy atom. The molecule has 5 heteroatoms. The van der Waals surface area contributed by atoms with Crippen molar-refractivity contribution >= 4 is 9.84 Å². The van der Waals surface area contributed by atoms with Crippen LogP contribution in [-0.2, 0) is 9.84 Å². The van der Waals surface area contributed by atoms with Crippen molar-refractivity contribution in [1.29, 1.82) is 5.26 Å². The first-order valence-electron chi connectivity index (χ1n) is 6.85. The smallest absolute Gasteiger partial charge is 0.152 e. The number of nitrogens with zero attached hydrogens (tertiary/aromatic N) is 1. The molecule has 1 aromatic rings. The van der Waals surface area contributed by atoms with E-state index in [0.29, 0.717) is 11.5 Å². The molecule has 2 atom stereocenters. The molecule has 2 aliphatic rings. The molecule has 1 aliphatic heterocycles. The largest absolute Gasteiger partial charge is 0.387 e. The molecule has 4 nitrogen and oxygen atoms in total. The summed E-state index contributed by atoms with van der Waals surface area (Å²) in [6.07, 6.45) is 1.58. The van der Waals surface area contributed by atoms with Crippen molar-refractivity contribution in [3.63, 3.8) is 0 Å². The van der Waals surface area contributed by atoms with Gasteiger partial charge >= 0.3 is 0 Å². The SMILES string of the molecule is N#CC1(C(O)c2ccc(C3CC3)cc2)CCS(=O)(=O)C1. The molecule has 1 N–H and O–H groups in total. The summed E-state index contributed by atoms with van der Waals surface area (Å²) in [5.74, 6) is 0.373. The van der Waals surface area contributed by atoms with E-state index in [2.05, 4.69) is 6.07 Å². The van der Waals surface area contributed by atoms with Gasteiger partial charge in [-0.3, -0.25) is 0 Å². The fourth-order valence-electron chi connectivity index (χ4n) is 2.93. The third-order valence-corrected chi connectivity index (χ3v) is 6.16. The fraction of sp³-hybridized carbons (Fsp3) is 0.533. The number of aliphatic hydroxyl groups excluding tert-OH is 1. The van der Waals surface area contributed by atoms with Crippen LogP contribution in [0.4, 0.5) is 0 Å². The van der Waals surface area contributed by atoms with Gasteiger partial charge in [0.15, 0.2) is 9.84 Å². The molecule has 1 heterocycles. The minimum Gasteiger partial charge on any atom is -0.387 e. The Balaban J connectivity index is 1.87. The maximum Gasteiger partial charge on any atom is 0.152 e. The molecule has 2 fully saturated rings. The molecule has 0 aromatic heterocycles. The maximum absolute atomic E-state index is 11.6. The molecule has 20 heavy (non-hydrogen) atoms. The third kappa shape index (κ3) is 2.34. The lowest BCUT2D eigenvalue weighted by Crippen LogP contribution is -2.28. The molecule has 3 rings (SSSR count). The Hall–Kier alpha value is -1.38. The molecular formula is C15H17NO3S. The van der Waals surface area contributed by atoms with Gasteiger partial charge in [-0.05, 0) is 36.3 Å². The van der Waals surface area contributed by atoms with Crippen molar-refractivity contribution in [2.75, 3.05) is 11.5 Å². The third-order valence-electron chi connectivity index (χ3n) is 4.38.